The van der Waals surface area contributed by atoms with Crippen molar-refractivity contribution in [2.24, 2.45) is 0 Å². The van der Waals surface area contributed by atoms with Crippen LogP contribution in [0.3, 0.4) is 0 Å². The molecule has 48 heavy (non-hydrogen) atoms. The maximum Gasteiger partial charge on any atom is 0.442 e. The number of aromatic nitrogens is 2. The number of benzene rings is 2. The van der Waals surface area contributed by atoms with E-state index < -0.39 is 28.8 Å². The van der Waals surface area contributed by atoms with Crippen LogP contribution in [0.25, 0.3) is 5.69 Å². The van der Waals surface area contributed by atoms with Gasteiger partial charge in [-0.1, -0.05) is 55.8 Å². The number of carbonyl (C=O) groups excluding carboxylic acids is 3. The SMILES string of the molecule is C#CCN1C(=O)COc2cc(F)c(N3C(=O)C4=C(CCCC4)C3=O)cc21.C#CCOc1cc(-n2nc(C(C)(C)C)oc2=O)c(Cl)cc1Cl. The lowest BCUT2D eigenvalue weighted by Crippen LogP contribution is -2.39. The molecule has 0 spiro atoms. The van der Waals surface area contributed by atoms with Crippen LogP contribution in [0.4, 0.5) is 15.8 Å². The molecule has 0 saturated heterocycles. The number of hydrogen-bond acceptors (Lipinski definition) is 8. The first-order chi connectivity index (χ1) is 22.8. The highest BCUT2D eigenvalue weighted by Gasteiger charge is 2.41. The monoisotopic (exact) mass is 694 g/mol. The zero-order valence-electron chi connectivity index (χ0n) is 26.2. The quantitative estimate of drug-likeness (QED) is 0.258. The zero-order chi connectivity index (χ0) is 34.9. The Bertz CT molecular complexity index is 1980. The van der Waals surface area contributed by atoms with E-state index in [2.05, 4.69) is 16.9 Å². The molecule has 0 atom stereocenters. The third-order valence-corrected chi connectivity index (χ3v) is 8.18. The smallest absolute Gasteiger partial charge is 0.442 e. The first-order valence-electron chi connectivity index (χ1n) is 14.7. The van der Waals surface area contributed by atoms with Gasteiger partial charge in [0.25, 0.3) is 17.7 Å². The summed E-state index contributed by atoms with van der Waals surface area (Å²) < 4.78 is 31.5. The number of terminal acetylenes is 2. The van der Waals surface area contributed by atoms with Gasteiger partial charge in [-0.3, -0.25) is 19.3 Å². The van der Waals surface area contributed by atoms with Gasteiger partial charge in [-0.05, 0) is 37.8 Å². The summed E-state index contributed by atoms with van der Waals surface area (Å²) in [5, 5.41) is 4.71. The molecule has 0 N–H and O–H groups in total. The summed E-state index contributed by atoms with van der Waals surface area (Å²) in [7, 11) is 0. The predicted molar refractivity (Wildman–Crippen MR) is 176 cm³/mol. The molecule has 14 heteroatoms. The van der Waals surface area contributed by atoms with E-state index in [-0.39, 0.29) is 52.8 Å². The molecule has 3 aliphatic rings. The number of nitrogens with zero attached hydrogens (tertiary/aromatic N) is 4. The molecule has 0 fully saturated rings. The fourth-order valence-corrected chi connectivity index (χ4v) is 5.77. The molecule has 11 nitrogen and oxygen atoms in total. The number of anilines is 2. The van der Waals surface area contributed by atoms with Gasteiger partial charge in [0.2, 0.25) is 5.89 Å². The largest absolute Gasteiger partial charge is 0.481 e. The summed E-state index contributed by atoms with van der Waals surface area (Å²) in [5.74, 6) is 2.71. The average Bonchev–Trinajstić information content (AvgIpc) is 3.55. The lowest BCUT2D eigenvalue weighted by molar-refractivity contribution is -0.121. The Balaban J connectivity index is 0.000000191. The molecule has 1 aliphatic carbocycles. The van der Waals surface area contributed by atoms with E-state index in [0.29, 0.717) is 41.3 Å². The van der Waals surface area contributed by atoms with Crippen LogP contribution in [0.5, 0.6) is 11.5 Å². The number of carbonyl (C=O) groups is 3. The van der Waals surface area contributed by atoms with Crippen LogP contribution in [-0.4, -0.2) is 47.3 Å². The van der Waals surface area contributed by atoms with Crippen LogP contribution in [0.15, 0.2) is 44.6 Å². The minimum atomic E-state index is -0.764. The molecule has 0 radical (unpaired) electrons. The summed E-state index contributed by atoms with van der Waals surface area (Å²) in [6.45, 7) is 5.43. The van der Waals surface area contributed by atoms with Crippen LogP contribution >= 0.6 is 23.2 Å². The van der Waals surface area contributed by atoms with Gasteiger partial charge in [0.15, 0.2) is 12.4 Å². The standard InChI is InChI=1S/C19H15FN2O4.C15H14Cl2N2O3/c1-2-7-21-15-9-14(13(20)8-16(15)26-10-17(21)23)22-18(24)11-5-3-4-6-12(11)19(22)25;1-5-6-21-12-8-11(9(16)7-10(12)17)19-14(20)22-13(18-19)15(2,3)4/h1,8-9H,3-7,10H2;1,7-8H,6H2,2-4H3. The first-order valence-corrected chi connectivity index (χ1v) is 15.5. The summed E-state index contributed by atoms with van der Waals surface area (Å²) in [6, 6.07) is 5.33. The van der Waals surface area contributed by atoms with Gasteiger partial charge < -0.3 is 13.9 Å². The second-order valence-electron chi connectivity index (χ2n) is 11.9. The maximum atomic E-state index is 14.7. The van der Waals surface area contributed by atoms with Crippen molar-refractivity contribution in [1.82, 2.24) is 9.78 Å². The molecule has 2 aromatic carbocycles. The van der Waals surface area contributed by atoms with E-state index in [1.54, 1.807) is 0 Å². The van der Waals surface area contributed by atoms with E-state index in [1.165, 1.54) is 23.1 Å². The highest BCUT2D eigenvalue weighted by atomic mass is 35.5. The first kappa shape index (κ1) is 34.3. The van der Waals surface area contributed by atoms with Gasteiger partial charge in [0.1, 0.15) is 18.1 Å². The van der Waals surface area contributed by atoms with E-state index in [4.69, 9.17) is 49.9 Å². The Morgan fingerprint density at radius 3 is 2.19 bits per heavy atom. The molecule has 248 valence electrons. The van der Waals surface area contributed by atoms with Crippen LogP contribution in [0.2, 0.25) is 10.0 Å². The van der Waals surface area contributed by atoms with Crippen LogP contribution in [0.1, 0.15) is 52.3 Å². The molecular formula is C34H29Cl2FN4O7. The summed E-state index contributed by atoms with van der Waals surface area (Å²) in [4.78, 5) is 51.6. The van der Waals surface area contributed by atoms with Gasteiger partial charge >= 0.3 is 5.76 Å². The highest BCUT2D eigenvalue weighted by molar-refractivity contribution is 6.36. The molecule has 3 heterocycles. The Morgan fingerprint density at radius 2 is 1.60 bits per heavy atom. The van der Waals surface area contributed by atoms with Crippen LogP contribution in [-0.2, 0) is 19.8 Å². The van der Waals surface area contributed by atoms with Crippen molar-refractivity contribution in [2.45, 2.75) is 51.9 Å². The Morgan fingerprint density at radius 1 is 0.938 bits per heavy atom. The lowest BCUT2D eigenvalue weighted by atomic mass is 9.93. The number of amides is 3. The van der Waals surface area contributed by atoms with E-state index in [1.807, 2.05) is 20.8 Å². The van der Waals surface area contributed by atoms with Crippen molar-refractivity contribution < 1.29 is 32.7 Å². The van der Waals surface area contributed by atoms with Gasteiger partial charge in [-0.2, -0.15) is 4.68 Å². The van der Waals surface area contributed by atoms with Gasteiger partial charge in [-0.25, -0.2) is 14.1 Å². The third-order valence-electron chi connectivity index (χ3n) is 7.58. The molecule has 0 unspecified atom stereocenters. The average molecular weight is 696 g/mol. The zero-order valence-corrected chi connectivity index (χ0v) is 27.7. The number of imide groups is 1. The van der Waals surface area contributed by atoms with Crippen molar-refractivity contribution in [3.8, 4) is 41.9 Å². The van der Waals surface area contributed by atoms with Crippen LogP contribution < -0.4 is 25.0 Å². The van der Waals surface area contributed by atoms with Crippen molar-refractivity contribution in [2.75, 3.05) is 29.6 Å². The van der Waals surface area contributed by atoms with Crippen molar-refractivity contribution >= 4 is 52.3 Å². The second kappa shape index (κ2) is 13.6. The van der Waals surface area contributed by atoms with Gasteiger partial charge in [0, 0.05) is 28.7 Å². The number of fused-ring (bicyclic) bond motifs is 1. The number of hydrogen-bond donors (Lipinski definition) is 0. The number of halogens is 3. The molecule has 1 aromatic heterocycles. The van der Waals surface area contributed by atoms with Crippen molar-refractivity contribution in [1.29, 1.82) is 0 Å². The fraction of sp³-hybridized carbons (Fsp3) is 0.324. The molecular weight excluding hydrogens is 666 g/mol. The Hall–Kier alpha value is -5.04. The molecule has 3 aromatic rings. The van der Waals surface area contributed by atoms with Gasteiger partial charge in [-0.15, -0.1) is 17.9 Å². The number of ether oxygens (including phenoxy) is 2. The lowest BCUT2D eigenvalue weighted by Gasteiger charge is -2.29. The normalized spacial score (nSPS) is 15.6. The minimum absolute atomic E-state index is 0.0170. The highest BCUT2D eigenvalue weighted by Crippen LogP contribution is 2.42. The third kappa shape index (κ3) is 6.55. The fourth-order valence-electron chi connectivity index (χ4n) is 5.25. The maximum absolute atomic E-state index is 14.7. The van der Waals surface area contributed by atoms with Crippen molar-refractivity contribution in [3.05, 3.63) is 67.7 Å². The molecule has 2 aliphatic heterocycles. The predicted octanol–water partition coefficient (Wildman–Crippen LogP) is 5.37. The number of rotatable bonds is 5. The molecule has 0 bridgehead atoms. The minimum Gasteiger partial charge on any atom is -0.481 e. The molecule has 0 saturated carbocycles. The van der Waals surface area contributed by atoms with Crippen molar-refractivity contribution in [3.63, 3.8) is 0 Å². The van der Waals surface area contributed by atoms with E-state index >= 15 is 0 Å². The molecule has 6 rings (SSSR count). The van der Waals surface area contributed by atoms with Crippen LogP contribution in [0, 0.1) is 30.5 Å². The summed E-state index contributed by atoms with van der Waals surface area (Å²) in [5.41, 5.74) is 0.890. The van der Waals surface area contributed by atoms with E-state index in [0.717, 1.165) is 28.5 Å². The van der Waals surface area contributed by atoms with Gasteiger partial charge in [0.05, 0.1) is 33.7 Å². The molecule has 3 amide bonds. The van der Waals surface area contributed by atoms with E-state index in [9.17, 15) is 23.6 Å². The topological polar surface area (TPSA) is 124 Å². The Labute approximate surface area is 285 Å². The summed E-state index contributed by atoms with van der Waals surface area (Å²) in [6.07, 6.45) is 13.2. The summed E-state index contributed by atoms with van der Waals surface area (Å²) >= 11 is 12.2. The second-order valence-corrected chi connectivity index (χ2v) is 12.7. The Kier molecular flexibility index (Phi) is 9.71.